The second-order valence-electron chi connectivity index (χ2n) is 3.80. The first kappa shape index (κ1) is 11.6. The summed E-state index contributed by atoms with van der Waals surface area (Å²) < 4.78 is 1.86. The Bertz CT molecular complexity index is 397. The number of aromatic nitrogens is 2. The minimum atomic E-state index is 0.566. The van der Waals surface area contributed by atoms with Gasteiger partial charge in [0.1, 0.15) is 5.82 Å². The van der Waals surface area contributed by atoms with Crippen LogP contribution < -0.4 is 5.73 Å². The highest BCUT2D eigenvalue weighted by Crippen LogP contribution is 2.11. The smallest absolute Gasteiger partial charge is 0.146 e. The van der Waals surface area contributed by atoms with Crippen molar-refractivity contribution in [3.63, 3.8) is 0 Å². The molecule has 0 spiro atoms. The molecule has 1 aromatic heterocycles. The molecule has 0 fully saturated rings. The van der Waals surface area contributed by atoms with Crippen LogP contribution in [0.15, 0.2) is 23.8 Å². The van der Waals surface area contributed by atoms with Crippen LogP contribution in [0.1, 0.15) is 32.9 Å². The molecule has 2 N–H and O–H groups in total. The van der Waals surface area contributed by atoms with Crippen LogP contribution in [0.4, 0.5) is 5.82 Å². The summed E-state index contributed by atoms with van der Waals surface area (Å²) in [5.74, 6) is 0.566. The van der Waals surface area contributed by atoms with Crippen molar-refractivity contribution in [2.24, 2.45) is 0 Å². The summed E-state index contributed by atoms with van der Waals surface area (Å²) in [6, 6.07) is 1.87. The lowest BCUT2D eigenvalue weighted by Gasteiger charge is -2.02. The van der Waals surface area contributed by atoms with Crippen molar-refractivity contribution >= 4 is 11.5 Å². The van der Waals surface area contributed by atoms with Crippen LogP contribution in [0.5, 0.6) is 0 Å². The molecule has 0 saturated carbocycles. The molecule has 0 amide bonds. The molecule has 3 heteroatoms. The highest BCUT2D eigenvalue weighted by molar-refractivity contribution is 5.48. The van der Waals surface area contributed by atoms with Gasteiger partial charge in [-0.05, 0) is 33.3 Å². The average Bonchev–Trinajstić information content (AvgIpc) is 2.53. The summed E-state index contributed by atoms with van der Waals surface area (Å²) in [5.41, 5.74) is 9.12. The molecule has 0 bridgehead atoms. The maximum atomic E-state index is 5.62. The van der Waals surface area contributed by atoms with Crippen LogP contribution in [-0.2, 0) is 0 Å². The maximum Gasteiger partial charge on any atom is 0.146 e. The molecule has 0 radical (unpaired) electrons. The van der Waals surface area contributed by atoms with E-state index in [1.165, 1.54) is 5.57 Å². The molecule has 1 aromatic rings. The van der Waals surface area contributed by atoms with E-state index in [0.29, 0.717) is 5.82 Å². The van der Waals surface area contributed by atoms with E-state index in [2.05, 4.69) is 31.1 Å². The fourth-order valence-electron chi connectivity index (χ4n) is 1.31. The molecule has 3 nitrogen and oxygen atoms in total. The lowest BCUT2D eigenvalue weighted by Crippen LogP contribution is -1.98. The summed E-state index contributed by atoms with van der Waals surface area (Å²) >= 11 is 0. The van der Waals surface area contributed by atoms with Gasteiger partial charge in [0.25, 0.3) is 0 Å². The Labute approximate surface area is 91.3 Å². The maximum absolute atomic E-state index is 5.62. The van der Waals surface area contributed by atoms with Gasteiger partial charge in [-0.1, -0.05) is 18.6 Å². The summed E-state index contributed by atoms with van der Waals surface area (Å²) in [6.07, 6.45) is 5.26. The Morgan fingerprint density at radius 2 is 2.13 bits per heavy atom. The van der Waals surface area contributed by atoms with Gasteiger partial charge >= 0.3 is 0 Å². The first-order valence-electron chi connectivity index (χ1n) is 5.21. The van der Waals surface area contributed by atoms with E-state index >= 15 is 0 Å². The Morgan fingerprint density at radius 3 is 2.60 bits per heavy atom. The van der Waals surface area contributed by atoms with Crippen molar-refractivity contribution in [2.45, 2.75) is 34.1 Å². The van der Waals surface area contributed by atoms with E-state index < -0.39 is 0 Å². The van der Waals surface area contributed by atoms with Crippen LogP contribution >= 0.6 is 0 Å². The molecule has 82 valence electrons. The van der Waals surface area contributed by atoms with E-state index in [4.69, 9.17) is 5.73 Å². The fourth-order valence-corrected chi connectivity index (χ4v) is 1.31. The van der Waals surface area contributed by atoms with E-state index in [-0.39, 0.29) is 0 Å². The van der Waals surface area contributed by atoms with Gasteiger partial charge in [-0.25, -0.2) is 4.68 Å². The number of rotatable bonds is 3. The standard InChI is InChI=1S/C12H19N3/c1-5-9(2)6-7-10(3)15-11(4)8-12(13)14-15/h6-8H,5H2,1-4H3,(H2,13,14)/b9-6?,10-7-. The Kier molecular flexibility index (Phi) is 3.72. The van der Waals surface area contributed by atoms with Gasteiger partial charge in [-0.2, -0.15) is 5.10 Å². The predicted octanol–water partition coefficient (Wildman–Crippen LogP) is 2.99. The molecule has 0 aliphatic carbocycles. The first-order valence-corrected chi connectivity index (χ1v) is 5.21. The molecular weight excluding hydrogens is 186 g/mol. The van der Waals surface area contributed by atoms with Crippen molar-refractivity contribution in [1.29, 1.82) is 0 Å². The number of nitrogens with zero attached hydrogens (tertiary/aromatic N) is 2. The van der Waals surface area contributed by atoms with Crippen LogP contribution in [0.25, 0.3) is 5.70 Å². The lowest BCUT2D eigenvalue weighted by molar-refractivity contribution is 0.865. The van der Waals surface area contributed by atoms with Crippen molar-refractivity contribution in [3.05, 3.63) is 29.5 Å². The topological polar surface area (TPSA) is 43.8 Å². The van der Waals surface area contributed by atoms with Gasteiger partial charge in [0.05, 0.1) is 0 Å². The summed E-state index contributed by atoms with van der Waals surface area (Å²) in [4.78, 5) is 0. The van der Waals surface area contributed by atoms with Crippen LogP contribution in [-0.4, -0.2) is 9.78 Å². The fraction of sp³-hybridized carbons (Fsp3) is 0.417. The molecule has 0 saturated heterocycles. The van der Waals surface area contributed by atoms with Crippen molar-refractivity contribution in [1.82, 2.24) is 9.78 Å². The van der Waals surface area contributed by atoms with Gasteiger partial charge in [-0.15, -0.1) is 0 Å². The minimum absolute atomic E-state index is 0.566. The molecule has 0 aliphatic rings. The molecule has 0 aromatic carbocycles. The summed E-state index contributed by atoms with van der Waals surface area (Å²) in [6.45, 7) is 8.29. The van der Waals surface area contributed by atoms with Crippen LogP contribution in [0.2, 0.25) is 0 Å². The zero-order valence-corrected chi connectivity index (χ0v) is 9.91. The monoisotopic (exact) mass is 205 g/mol. The number of nitrogens with two attached hydrogens (primary N) is 1. The minimum Gasteiger partial charge on any atom is -0.382 e. The predicted molar refractivity (Wildman–Crippen MR) is 65.4 cm³/mol. The molecule has 1 heterocycles. The SMILES string of the molecule is CCC(C)=C/C=C(/C)n1nc(N)cc1C. The van der Waals surface area contributed by atoms with E-state index in [9.17, 15) is 0 Å². The number of hydrogen-bond donors (Lipinski definition) is 1. The summed E-state index contributed by atoms with van der Waals surface area (Å²) in [7, 11) is 0. The van der Waals surface area contributed by atoms with E-state index in [1.807, 2.05) is 24.6 Å². The zero-order valence-electron chi connectivity index (χ0n) is 9.91. The van der Waals surface area contributed by atoms with Gasteiger partial charge in [0.15, 0.2) is 0 Å². The zero-order chi connectivity index (χ0) is 11.4. The van der Waals surface area contributed by atoms with Crippen LogP contribution in [0, 0.1) is 6.92 Å². The second-order valence-corrected chi connectivity index (χ2v) is 3.80. The highest BCUT2D eigenvalue weighted by Gasteiger charge is 2.01. The number of allylic oxidation sites excluding steroid dienone is 4. The molecule has 1 rings (SSSR count). The highest BCUT2D eigenvalue weighted by atomic mass is 15.3. The Balaban J connectivity index is 2.94. The van der Waals surface area contributed by atoms with Gasteiger partial charge in [-0.3, -0.25) is 0 Å². The quantitative estimate of drug-likeness (QED) is 0.771. The number of anilines is 1. The molecule has 0 atom stereocenters. The van der Waals surface area contributed by atoms with Gasteiger partial charge in [0.2, 0.25) is 0 Å². The van der Waals surface area contributed by atoms with E-state index in [0.717, 1.165) is 17.8 Å². The third-order valence-electron chi connectivity index (χ3n) is 2.41. The molecule has 0 aliphatic heterocycles. The second kappa shape index (κ2) is 4.82. The van der Waals surface area contributed by atoms with Crippen LogP contribution in [0.3, 0.4) is 0 Å². The largest absolute Gasteiger partial charge is 0.382 e. The summed E-state index contributed by atoms with van der Waals surface area (Å²) in [5, 5.41) is 4.21. The first-order chi connectivity index (χ1) is 7.04. The number of hydrogen-bond acceptors (Lipinski definition) is 2. The van der Waals surface area contributed by atoms with E-state index in [1.54, 1.807) is 0 Å². The lowest BCUT2D eigenvalue weighted by atomic mass is 10.2. The molecule has 0 unspecified atom stereocenters. The average molecular weight is 205 g/mol. The van der Waals surface area contributed by atoms with Crippen molar-refractivity contribution in [3.8, 4) is 0 Å². The van der Waals surface area contributed by atoms with Crippen molar-refractivity contribution < 1.29 is 0 Å². The van der Waals surface area contributed by atoms with Crippen molar-refractivity contribution in [2.75, 3.05) is 5.73 Å². The van der Waals surface area contributed by atoms with Gasteiger partial charge < -0.3 is 5.73 Å². The third kappa shape index (κ3) is 2.98. The molecular formula is C12H19N3. The normalized spacial score (nSPS) is 13.3. The third-order valence-corrected chi connectivity index (χ3v) is 2.41. The van der Waals surface area contributed by atoms with Gasteiger partial charge in [0, 0.05) is 17.5 Å². The Hall–Kier alpha value is -1.51. The Morgan fingerprint density at radius 1 is 1.47 bits per heavy atom. The number of aryl methyl sites for hydroxylation is 1. The molecule has 15 heavy (non-hydrogen) atoms. The number of nitrogen functional groups attached to an aromatic ring is 1.